The van der Waals surface area contributed by atoms with E-state index in [1.807, 2.05) is 18.2 Å². The molecule has 0 saturated heterocycles. The van der Waals surface area contributed by atoms with Gasteiger partial charge in [-0.15, -0.1) is 0 Å². The van der Waals surface area contributed by atoms with E-state index >= 15 is 0 Å². The summed E-state index contributed by atoms with van der Waals surface area (Å²) in [5.74, 6) is 0. The maximum absolute atomic E-state index is 8.25. The number of benzene rings is 7. The molecule has 47 heavy (non-hydrogen) atoms. The molecule has 10 rings (SSSR count). The van der Waals surface area contributed by atoms with Gasteiger partial charge in [0.1, 0.15) is 11.2 Å². The van der Waals surface area contributed by atoms with Crippen LogP contribution in [0.3, 0.4) is 0 Å². The molecule has 0 aliphatic carbocycles. The Morgan fingerprint density at radius 1 is 0.447 bits per heavy atom. The molecule has 0 aliphatic rings. The predicted molar refractivity (Wildman–Crippen MR) is 194 cm³/mol. The van der Waals surface area contributed by atoms with Gasteiger partial charge in [0.15, 0.2) is 0 Å². The lowest BCUT2D eigenvalue weighted by Gasteiger charge is -2.13. The molecule has 3 aromatic heterocycles. The van der Waals surface area contributed by atoms with Gasteiger partial charge >= 0.3 is 0 Å². The minimum absolute atomic E-state index is 0.605. The van der Waals surface area contributed by atoms with Crippen LogP contribution in [0.15, 0.2) is 156 Å². The highest BCUT2D eigenvalue weighted by Crippen LogP contribution is 2.43. The lowest BCUT2D eigenvalue weighted by molar-refractivity contribution is 0.669. The van der Waals surface area contributed by atoms with Crippen LogP contribution in [0.25, 0.3) is 92.9 Å². The number of para-hydroxylation sites is 4. The Morgan fingerprint density at radius 2 is 1.04 bits per heavy atom. The van der Waals surface area contributed by atoms with Crippen LogP contribution in [0.4, 0.5) is 5.69 Å². The highest BCUT2D eigenvalue weighted by molar-refractivity contribution is 6.27. The number of furan rings is 1. The molecule has 0 spiro atoms. The summed E-state index contributed by atoms with van der Waals surface area (Å²) in [7, 11) is 0. The van der Waals surface area contributed by atoms with Crippen LogP contribution in [0.2, 0.25) is 0 Å². The third-order valence-electron chi connectivity index (χ3n) is 9.55. The molecule has 0 atom stereocenters. The monoisotopic (exact) mass is 599 g/mol. The molecule has 4 nitrogen and oxygen atoms in total. The summed E-state index contributed by atoms with van der Waals surface area (Å²) in [6.45, 7) is 8.25. The summed E-state index contributed by atoms with van der Waals surface area (Å²) in [6.07, 6.45) is 0. The second-order valence-corrected chi connectivity index (χ2v) is 12.0. The van der Waals surface area contributed by atoms with Crippen LogP contribution in [-0.2, 0) is 0 Å². The fourth-order valence-corrected chi connectivity index (χ4v) is 7.52. The summed E-state index contributed by atoms with van der Waals surface area (Å²) in [6, 6.07) is 52.8. The molecule has 0 bridgehead atoms. The Balaban J connectivity index is 1.12. The van der Waals surface area contributed by atoms with E-state index < -0.39 is 0 Å². The SMILES string of the molecule is [C-]#[N+]c1cc(-c2ccc(-n3c4ccccc4c4ccccc43)cc2)ccc1-n1c2ccccc2c2c3c(ccc21)oc1ccccc13. The fourth-order valence-electron chi connectivity index (χ4n) is 7.52. The Hall–Kier alpha value is -6.57. The summed E-state index contributed by atoms with van der Waals surface area (Å²) >= 11 is 0. The average Bonchev–Trinajstić information content (AvgIpc) is 3.79. The van der Waals surface area contributed by atoms with Crippen LogP contribution in [0.1, 0.15) is 0 Å². The molecule has 0 saturated carbocycles. The van der Waals surface area contributed by atoms with E-state index in [0.29, 0.717) is 5.69 Å². The van der Waals surface area contributed by atoms with Crippen LogP contribution in [-0.4, -0.2) is 9.13 Å². The molecule has 10 aromatic rings. The zero-order valence-electron chi connectivity index (χ0n) is 25.2. The molecule has 3 heterocycles. The quantitative estimate of drug-likeness (QED) is 0.186. The molecule has 218 valence electrons. The van der Waals surface area contributed by atoms with Crippen molar-refractivity contribution in [2.45, 2.75) is 0 Å². The van der Waals surface area contributed by atoms with Gasteiger partial charge in [0.25, 0.3) is 0 Å². The molecule has 0 radical (unpaired) electrons. The van der Waals surface area contributed by atoms with E-state index in [2.05, 4.69) is 147 Å². The van der Waals surface area contributed by atoms with Crippen molar-refractivity contribution >= 4 is 71.2 Å². The van der Waals surface area contributed by atoms with Gasteiger partial charge in [0.2, 0.25) is 5.69 Å². The third-order valence-corrected chi connectivity index (χ3v) is 9.55. The van der Waals surface area contributed by atoms with Crippen LogP contribution < -0.4 is 0 Å². The maximum atomic E-state index is 8.25. The first kappa shape index (κ1) is 25.7. The van der Waals surface area contributed by atoms with Crippen molar-refractivity contribution < 1.29 is 4.42 Å². The van der Waals surface area contributed by atoms with E-state index in [1.165, 1.54) is 21.8 Å². The van der Waals surface area contributed by atoms with E-state index in [4.69, 9.17) is 11.0 Å². The van der Waals surface area contributed by atoms with Crippen LogP contribution in [0, 0.1) is 6.57 Å². The first-order valence-corrected chi connectivity index (χ1v) is 15.7. The summed E-state index contributed by atoms with van der Waals surface area (Å²) in [5.41, 5.74) is 10.9. The Kier molecular flexibility index (Phi) is 5.32. The molecule has 7 aromatic carbocycles. The number of aromatic nitrogens is 2. The van der Waals surface area contributed by atoms with E-state index in [0.717, 1.165) is 66.2 Å². The van der Waals surface area contributed by atoms with E-state index in [9.17, 15) is 0 Å². The number of fused-ring (bicyclic) bond motifs is 10. The molecular formula is C43H25N3O. The highest BCUT2D eigenvalue weighted by atomic mass is 16.3. The summed E-state index contributed by atoms with van der Waals surface area (Å²) < 4.78 is 10.8. The van der Waals surface area contributed by atoms with Crippen molar-refractivity contribution in [3.63, 3.8) is 0 Å². The number of hydrogen-bond acceptors (Lipinski definition) is 1. The van der Waals surface area contributed by atoms with Gasteiger partial charge < -0.3 is 13.6 Å². The van der Waals surface area contributed by atoms with Crippen molar-refractivity contribution in [3.05, 3.63) is 163 Å². The molecule has 0 aliphatic heterocycles. The molecule has 0 unspecified atom stereocenters. The summed E-state index contributed by atoms with van der Waals surface area (Å²) in [4.78, 5) is 4.06. The topological polar surface area (TPSA) is 27.4 Å². The lowest BCUT2D eigenvalue weighted by atomic mass is 10.0. The van der Waals surface area contributed by atoms with Crippen molar-refractivity contribution in [3.8, 4) is 22.5 Å². The van der Waals surface area contributed by atoms with Gasteiger partial charge in [-0.25, -0.2) is 4.85 Å². The van der Waals surface area contributed by atoms with Crippen molar-refractivity contribution in [2.24, 2.45) is 0 Å². The minimum Gasteiger partial charge on any atom is -0.456 e. The van der Waals surface area contributed by atoms with Crippen molar-refractivity contribution in [1.29, 1.82) is 0 Å². The average molecular weight is 600 g/mol. The zero-order chi connectivity index (χ0) is 31.1. The second kappa shape index (κ2) is 9.71. The molecule has 0 N–H and O–H groups in total. The van der Waals surface area contributed by atoms with Gasteiger partial charge in [0, 0.05) is 38.0 Å². The number of rotatable bonds is 3. The standard InChI is InChI=1S/C43H25N3O/c1-44-34-26-28(27-18-21-29(22-19-27)45-35-14-6-2-10-30(35)31-11-3-7-15-36(31)45)20-23-38(34)46-37-16-8-4-12-32(37)42-39(46)24-25-41-43(42)33-13-5-9-17-40(33)47-41/h2-26H. The Labute approximate surface area is 269 Å². The van der Waals surface area contributed by atoms with Gasteiger partial charge in [0.05, 0.1) is 34.3 Å². The third kappa shape index (κ3) is 3.63. The van der Waals surface area contributed by atoms with Crippen molar-refractivity contribution in [1.82, 2.24) is 9.13 Å². The largest absolute Gasteiger partial charge is 0.456 e. The molecule has 0 amide bonds. The smallest absolute Gasteiger partial charge is 0.211 e. The van der Waals surface area contributed by atoms with Gasteiger partial charge in [-0.05, 0) is 71.8 Å². The fraction of sp³-hybridized carbons (Fsp3) is 0. The molecular weight excluding hydrogens is 574 g/mol. The predicted octanol–water partition coefficient (Wildman–Crippen LogP) is 12.0. The normalized spacial score (nSPS) is 11.8. The number of nitrogens with zero attached hydrogens (tertiary/aromatic N) is 3. The Bertz CT molecular complexity index is 2860. The van der Waals surface area contributed by atoms with Gasteiger partial charge in [-0.2, -0.15) is 0 Å². The first-order chi connectivity index (χ1) is 23.3. The molecule has 4 heteroatoms. The molecule has 0 fully saturated rings. The maximum Gasteiger partial charge on any atom is 0.211 e. The van der Waals surface area contributed by atoms with E-state index in [-0.39, 0.29) is 0 Å². The second-order valence-electron chi connectivity index (χ2n) is 12.0. The van der Waals surface area contributed by atoms with Crippen LogP contribution >= 0.6 is 0 Å². The van der Waals surface area contributed by atoms with Gasteiger partial charge in [-0.1, -0.05) is 91.0 Å². The Morgan fingerprint density at radius 3 is 1.74 bits per heavy atom. The zero-order valence-corrected chi connectivity index (χ0v) is 25.2. The number of hydrogen-bond donors (Lipinski definition) is 0. The minimum atomic E-state index is 0.605. The highest BCUT2D eigenvalue weighted by Gasteiger charge is 2.20. The van der Waals surface area contributed by atoms with Gasteiger partial charge in [-0.3, -0.25) is 0 Å². The summed E-state index contributed by atoms with van der Waals surface area (Å²) in [5, 5.41) is 6.98. The lowest BCUT2D eigenvalue weighted by Crippen LogP contribution is -1.95. The van der Waals surface area contributed by atoms with Crippen molar-refractivity contribution in [2.75, 3.05) is 0 Å². The first-order valence-electron chi connectivity index (χ1n) is 15.7. The van der Waals surface area contributed by atoms with E-state index in [1.54, 1.807) is 0 Å². The van der Waals surface area contributed by atoms with Crippen LogP contribution in [0.5, 0.6) is 0 Å².